The van der Waals surface area contributed by atoms with Crippen LogP contribution in [0.3, 0.4) is 0 Å². The van der Waals surface area contributed by atoms with Gasteiger partial charge in [0.2, 0.25) is 0 Å². The maximum atomic E-state index is 12.7. The molecule has 0 aromatic heterocycles. The lowest BCUT2D eigenvalue weighted by Gasteiger charge is -2.24. The van der Waals surface area contributed by atoms with Crippen molar-refractivity contribution in [2.45, 2.75) is 38.8 Å². The van der Waals surface area contributed by atoms with Crippen LogP contribution in [-0.2, 0) is 19.9 Å². The number of amides is 3. The van der Waals surface area contributed by atoms with E-state index in [0.717, 1.165) is 4.90 Å². The summed E-state index contributed by atoms with van der Waals surface area (Å²) in [5.41, 5.74) is -1.68. The van der Waals surface area contributed by atoms with Crippen LogP contribution in [0.2, 0.25) is 10.0 Å². The largest absolute Gasteiger partial charge is 0.459 e. The molecule has 1 aromatic carbocycles. The van der Waals surface area contributed by atoms with Crippen LogP contribution in [0, 0.1) is 0 Å². The molecule has 3 amide bonds. The lowest BCUT2D eigenvalue weighted by molar-refractivity contribution is -0.157. The van der Waals surface area contributed by atoms with E-state index in [-0.39, 0.29) is 5.02 Å². The molecule has 1 saturated heterocycles. The molecule has 0 saturated carbocycles. The van der Waals surface area contributed by atoms with Crippen LogP contribution < -0.4 is 5.32 Å². The van der Waals surface area contributed by atoms with E-state index in [9.17, 15) is 14.4 Å². The minimum Gasteiger partial charge on any atom is -0.459 e. The Bertz CT molecular complexity index is 715. The minimum absolute atomic E-state index is 0.248. The molecule has 1 N–H and O–H groups in total. The lowest BCUT2D eigenvalue weighted by Crippen LogP contribution is -2.42. The molecule has 1 aliphatic heterocycles. The Morgan fingerprint density at radius 1 is 1.29 bits per heavy atom. The van der Waals surface area contributed by atoms with Gasteiger partial charge in [-0.1, -0.05) is 29.3 Å². The molecule has 6 nitrogen and oxygen atoms in total. The molecule has 0 radical (unpaired) electrons. The predicted octanol–water partition coefficient (Wildman–Crippen LogP) is 3.10. The molecule has 8 heteroatoms. The topological polar surface area (TPSA) is 75.7 Å². The Balaban J connectivity index is 2.26. The van der Waals surface area contributed by atoms with Crippen LogP contribution in [0.15, 0.2) is 18.2 Å². The minimum atomic E-state index is -1.37. The average Bonchev–Trinajstić information content (AvgIpc) is 2.61. The van der Waals surface area contributed by atoms with E-state index in [0.29, 0.717) is 10.6 Å². The van der Waals surface area contributed by atoms with E-state index in [1.165, 1.54) is 13.0 Å². The van der Waals surface area contributed by atoms with E-state index >= 15 is 0 Å². The van der Waals surface area contributed by atoms with Crippen molar-refractivity contribution in [2.75, 3.05) is 6.54 Å². The number of benzene rings is 1. The first-order valence-corrected chi connectivity index (χ1v) is 8.01. The van der Waals surface area contributed by atoms with E-state index < -0.39 is 35.6 Å². The highest BCUT2D eigenvalue weighted by Crippen LogP contribution is 2.34. The summed E-state index contributed by atoms with van der Waals surface area (Å²) in [5.74, 6) is -1.25. The summed E-state index contributed by atoms with van der Waals surface area (Å²) < 4.78 is 5.15. The Labute approximate surface area is 150 Å². The van der Waals surface area contributed by atoms with Gasteiger partial charge in [0.25, 0.3) is 5.91 Å². The number of halogens is 2. The van der Waals surface area contributed by atoms with Gasteiger partial charge >= 0.3 is 12.0 Å². The molecular weight excluding hydrogens is 355 g/mol. The van der Waals surface area contributed by atoms with Gasteiger partial charge < -0.3 is 10.1 Å². The first kappa shape index (κ1) is 18.5. The number of hydrogen-bond acceptors (Lipinski definition) is 4. The van der Waals surface area contributed by atoms with Crippen molar-refractivity contribution in [1.82, 2.24) is 10.2 Å². The zero-order valence-electron chi connectivity index (χ0n) is 13.8. The third kappa shape index (κ3) is 3.65. The molecule has 2 rings (SSSR count). The second-order valence-electron chi connectivity index (χ2n) is 6.66. The number of rotatable bonds is 3. The van der Waals surface area contributed by atoms with Gasteiger partial charge in [0.1, 0.15) is 17.7 Å². The Hall–Kier alpha value is -1.79. The van der Waals surface area contributed by atoms with Crippen LogP contribution in [-0.4, -0.2) is 35.0 Å². The van der Waals surface area contributed by atoms with Crippen molar-refractivity contribution in [3.05, 3.63) is 33.8 Å². The van der Waals surface area contributed by atoms with Gasteiger partial charge in [0.15, 0.2) is 0 Å². The van der Waals surface area contributed by atoms with Gasteiger partial charge in [-0.05, 0) is 39.8 Å². The summed E-state index contributed by atoms with van der Waals surface area (Å²) in [5, 5.41) is 3.24. The van der Waals surface area contributed by atoms with E-state index in [4.69, 9.17) is 27.9 Å². The number of hydrogen-bond donors (Lipinski definition) is 1. The molecule has 1 atom stereocenters. The molecule has 1 heterocycles. The SMILES string of the molecule is CC(C)(C)OC(=O)CN1C(=O)N[C@](C)(c2ccc(Cl)cc2Cl)C1=O. The smallest absolute Gasteiger partial charge is 0.326 e. The van der Waals surface area contributed by atoms with Crippen LogP contribution in [0.5, 0.6) is 0 Å². The van der Waals surface area contributed by atoms with Gasteiger partial charge in [-0.3, -0.25) is 14.5 Å². The molecule has 24 heavy (non-hydrogen) atoms. The highest BCUT2D eigenvalue weighted by Gasteiger charge is 2.50. The molecule has 1 aromatic rings. The van der Waals surface area contributed by atoms with E-state index in [2.05, 4.69) is 5.32 Å². The number of carbonyl (C=O) groups is 3. The zero-order valence-corrected chi connectivity index (χ0v) is 15.3. The fraction of sp³-hybridized carbons (Fsp3) is 0.438. The summed E-state index contributed by atoms with van der Waals surface area (Å²) in [6.45, 7) is 6.16. The molecule has 0 bridgehead atoms. The summed E-state index contributed by atoms with van der Waals surface area (Å²) in [6.07, 6.45) is 0. The van der Waals surface area contributed by atoms with Crippen LogP contribution >= 0.6 is 23.2 Å². The first-order chi connectivity index (χ1) is 10.9. The molecule has 0 spiro atoms. The van der Waals surface area contributed by atoms with Crippen molar-refractivity contribution < 1.29 is 19.1 Å². The summed E-state index contributed by atoms with van der Waals surface area (Å²) in [6, 6.07) is 3.95. The summed E-state index contributed by atoms with van der Waals surface area (Å²) in [7, 11) is 0. The van der Waals surface area contributed by atoms with Gasteiger partial charge in [0.05, 0.1) is 0 Å². The number of urea groups is 1. The molecular formula is C16H18Cl2N2O4. The molecule has 0 unspecified atom stereocenters. The van der Waals surface area contributed by atoms with E-state index in [1.54, 1.807) is 32.9 Å². The molecule has 1 aliphatic rings. The Morgan fingerprint density at radius 3 is 2.46 bits per heavy atom. The Kier molecular flexibility index (Phi) is 4.84. The highest BCUT2D eigenvalue weighted by atomic mass is 35.5. The number of nitrogens with zero attached hydrogens (tertiary/aromatic N) is 1. The summed E-state index contributed by atoms with van der Waals surface area (Å²) in [4.78, 5) is 37.6. The van der Waals surface area contributed by atoms with E-state index in [1.807, 2.05) is 0 Å². The van der Waals surface area contributed by atoms with Gasteiger partial charge in [-0.15, -0.1) is 0 Å². The third-order valence-electron chi connectivity index (χ3n) is 3.45. The second-order valence-corrected chi connectivity index (χ2v) is 7.50. The monoisotopic (exact) mass is 372 g/mol. The van der Waals surface area contributed by atoms with Crippen LogP contribution in [0.25, 0.3) is 0 Å². The Morgan fingerprint density at radius 2 is 1.92 bits per heavy atom. The fourth-order valence-corrected chi connectivity index (χ4v) is 3.02. The quantitative estimate of drug-likeness (QED) is 0.653. The maximum absolute atomic E-state index is 12.7. The molecule has 0 aliphatic carbocycles. The normalized spacial score (nSPS) is 21.0. The van der Waals surface area contributed by atoms with Crippen molar-refractivity contribution in [3.63, 3.8) is 0 Å². The number of nitrogens with one attached hydrogen (secondary N) is 1. The van der Waals surface area contributed by atoms with Crippen molar-refractivity contribution in [1.29, 1.82) is 0 Å². The van der Waals surface area contributed by atoms with Crippen molar-refractivity contribution in [2.24, 2.45) is 0 Å². The number of ether oxygens (including phenoxy) is 1. The highest BCUT2D eigenvalue weighted by molar-refractivity contribution is 6.35. The summed E-state index contributed by atoms with van der Waals surface area (Å²) >= 11 is 12.0. The van der Waals surface area contributed by atoms with Crippen LogP contribution in [0.4, 0.5) is 4.79 Å². The number of imide groups is 1. The molecule has 130 valence electrons. The fourth-order valence-electron chi connectivity index (χ4n) is 2.42. The number of esters is 1. The number of carbonyl (C=O) groups excluding carboxylic acids is 3. The third-order valence-corrected chi connectivity index (χ3v) is 4.00. The average molecular weight is 373 g/mol. The van der Waals surface area contributed by atoms with Crippen LogP contribution in [0.1, 0.15) is 33.3 Å². The first-order valence-electron chi connectivity index (χ1n) is 7.25. The van der Waals surface area contributed by atoms with Gasteiger partial charge in [-0.25, -0.2) is 4.79 Å². The second kappa shape index (κ2) is 6.26. The van der Waals surface area contributed by atoms with Crippen molar-refractivity contribution >= 4 is 41.1 Å². The van der Waals surface area contributed by atoms with Gasteiger partial charge in [0, 0.05) is 15.6 Å². The van der Waals surface area contributed by atoms with Gasteiger partial charge in [-0.2, -0.15) is 0 Å². The zero-order chi connectivity index (χ0) is 18.3. The van der Waals surface area contributed by atoms with Crippen molar-refractivity contribution in [3.8, 4) is 0 Å². The lowest BCUT2D eigenvalue weighted by atomic mass is 9.92. The standard InChI is InChI=1S/C16H18Cl2N2O4/c1-15(2,3)24-12(21)8-20-13(22)16(4,19-14(20)23)10-6-5-9(17)7-11(10)18/h5-7H,8H2,1-4H3,(H,19,23)/t16-/m1/s1. The molecule has 1 fully saturated rings. The maximum Gasteiger partial charge on any atom is 0.326 e. The predicted molar refractivity (Wildman–Crippen MR) is 89.9 cm³/mol.